The Morgan fingerprint density at radius 3 is 1.62 bits per heavy atom. The molecule has 0 saturated carbocycles. The van der Waals surface area contributed by atoms with Crippen LogP contribution in [0.25, 0.3) is 65.7 Å². The van der Waals surface area contributed by atoms with E-state index in [2.05, 4.69) is 147 Å². The van der Waals surface area contributed by atoms with E-state index in [4.69, 9.17) is 0 Å². The largest absolute Gasteiger partial charge is 0.0622 e. The minimum Gasteiger partial charge on any atom is -0.0622 e. The highest BCUT2D eigenvalue weighted by Crippen LogP contribution is 2.51. The molecule has 1 aliphatic rings. The second-order valence-electron chi connectivity index (χ2n) is 11.3. The van der Waals surface area contributed by atoms with Gasteiger partial charge in [-0.3, -0.25) is 0 Å². The summed E-state index contributed by atoms with van der Waals surface area (Å²) in [4.78, 5) is 0. The van der Waals surface area contributed by atoms with E-state index in [0.29, 0.717) is 0 Å². The average Bonchev–Trinajstić information content (AvgIpc) is 2.99. The van der Waals surface area contributed by atoms with Gasteiger partial charge in [0.1, 0.15) is 0 Å². The average molecular weight is 497 g/mol. The lowest BCUT2D eigenvalue weighted by molar-refractivity contribution is 0.645. The number of hydrogen-bond acceptors (Lipinski definition) is 0. The lowest BCUT2D eigenvalue weighted by Crippen LogP contribution is -2.23. The second-order valence-corrected chi connectivity index (χ2v) is 11.3. The molecule has 1 aliphatic carbocycles. The highest BCUT2D eigenvalue weighted by atomic mass is 14.4. The number of rotatable bonds is 2. The first-order valence-electron chi connectivity index (χ1n) is 13.8. The van der Waals surface area contributed by atoms with Gasteiger partial charge in [0.15, 0.2) is 0 Å². The molecular weight excluding hydrogens is 468 g/mol. The molecule has 0 atom stereocenters. The van der Waals surface area contributed by atoms with E-state index in [9.17, 15) is 0 Å². The van der Waals surface area contributed by atoms with E-state index >= 15 is 0 Å². The van der Waals surface area contributed by atoms with Gasteiger partial charge in [-0.1, -0.05) is 135 Å². The van der Waals surface area contributed by atoms with Gasteiger partial charge in [0.05, 0.1) is 0 Å². The Hall–Kier alpha value is -4.68. The molecule has 7 aromatic carbocycles. The van der Waals surface area contributed by atoms with Crippen LogP contribution in [0.5, 0.6) is 0 Å². The van der Waals surface area contributed by atoms with E-state index < -0.39 is 0 Å². The van der Waals surface area contributed by atoms with Gasteiger partial charge < -0.3 is 0 Å². The molecule has 0 fully saturated rings. The first-order chi connectivity index (χ1) is 19.1. The highest BCUT2D eigenvalue weighted by molar-refractivity contribution is 6.22. The summed E-state index contributed by atoms with van der Waals surface area (Å²) in [5, 5.41) is 7.88. The summed E-state index contributed by atoms with van der Waals surface area (Å²) >= 11 is 0. The molecule has 7 aromatic rings. The van der Waals surface area contributed by atoms with E-state index in [1.54, 1.807) is 0 Å². The third kappa shape index (κ3) is 3.12. The summed E-state index contributed by atoms with van der Waals surface area (Å²) in [6, 6.07) is 49.4. The van der Waals surface area contributed by atoms with Crippen molar-refractivity contribution < 1.29 is 0 Å². The normalized spacial score (nSPS) is 13.6. The fraction of sp³-hybridized carbons (Fsp3) is 0.0769. The zero-order valence-corrected chi connectivity index (χ0v) is 22.2. The zero-order chi connectivity index (χ0) is 26.1. The van der Waals surface area contributed by atoms with Crippen molar-refractivity contribution in [2.75, 3.05) is 0 Å². The molecule has 0 unspecified atom stereocenters. The lowest BCUT2D eigenvalue weighted by atomic mass is 9.68. The Bertz CT molecular complexity index is 2020. The van der Waals surface area contributed by atoms with Gasteiger partial charge in [0.2, 0.25) is 0 Å². The van der Waals surface area contributed by atoms with E-state index in [1.807, 2.05) is 0 Å². The first kappa shape index (κ1) is 22.3. The number of fused-ring (bicyclic) bond motifs is 4. The first-order valence-corrected chi connectivity index (χ1v) is 13.8. The predicted octanol–water partition coefficient (Wildman–Crippen LogP) is 10.8. The smallest absolute Gasteiger partial charge is 0.0159 e. The molecule has 39 heavy (non-hydrogen) atoms. The van der Waals surface area contributed by atoms with E-state index in [0.717, 1.165) is 0 Å². The molecule has 0 heteroatoms. The summed E-state index contributed by atoms with van der Waals surface area (Å²) in [7, 11) is 0. The van der Waals surface area contributed by atoms with Gasteiger partial charge in [-0.15, -0.1) is 0 Å². The molecule has 184 valence electrons. The fourth-order valence-corrected chi connectivity index (χ4v) is 7.05. The van der Waals surface area contributed by atoms with Crippen molar-refractivity contribution in [2.45, 2.75) is 19.3 Å². The van der Waals surface area contributed by atoms with Gasteiger partial charge in [-0.2, -0.15) is 0 Å². The van der Waals surface area contributed by atoms with Gasteiger partial charge in [0, 0.05) is 5.41 Å². The maximum Gasteiger partial charge on any atom is 0.0159 e. The monoisotopic (exact) mass is 496 g/mol. The number of benzene rings is 7. The van der Waals surface area contributed by atoms with Crippen LogP contribution in [0, 0.1) is 0 Å². The molecule has 0 N–H and O–H groups in total. The molecule has 0 heterocycles. The molecule has 0 bridgehead atoms. The Kier molecular flexibility index (Phi) is 4.67. The highest BCUT2D eigenvalue weighted by Gasteiger charge is 2.33. The Morgan fingerprint density at radius 1 is 0.410 bits per heavy atom. The van der Waals surface area contributed by atoms with Crippen LogP contribution in [0.1, 0.15) is 25.0 Å². The van der Waals surface area contributed by atoms with Crippen LogP contribution in [-0.4, -0.2) is 0 Å². The fourth-order valence-electron chi connectivity index (χ4n) is 7.05. The summed E-state index contributed by atoms with van der Waals surface area (Å²) in [5.41, 5.74) is 10.6. The van der Waals surface area contributed by atoms with Gasteiger partial charge in [-0.05, 0) is 89.0 Å². The van der Waals surface area contributed by atoms with Gasteiger partial charge in [0.25, 0.3) is 0 Å². The molecule has 8 rings (SSSR count). The molecular formula is C39H28. The van der Waals surface area contributed by atoms with Crippen molar-refractivity contribution in [3.8, 4) is 33.4 Å². The summed E-state index contributed by atoms with van der Waals surface area (Å²) in [5.74, 6) is 0. The summed E-state index contributed by atoms with van der Waals surface area (Å²) < 4.78 is 0. The van der Waals surface area contributed by atoms with Gasteiger partial charge in [-0.25, -0.2) is 0 Å². The van der Waals surface area contributed by atoms with Crippen molar-refractivity contribution in [3.05, 3.63) is 145 Å². The zero-order valence-electron chi connectivity index (χ0n) is 22.2. The van der Waals surface area contributed by atoms with Crippen molar-refractivity contribution in [1.82, 2.24) is 0 Å². The molecule has 0 nitrogen and oxygen atoms in total. The topological polar surface area (TPSA) is 0 Å². The summed E-state index contributed by atoms with van der Waals surface area (Å²) in [6.45, 7) is 4.77. The number of hydrogen-bond donors (Lipinski definition) is 0. The van der Waals surface area contributed by atoms with Crippen LogP contribution < -0.4 is 0 Å². The third-order valence-electron chi connectivity index (χ3n) is 8.82. The van der Waals surface area contributed by atoms with Crippen molar-refractivity contribution in [1.29, 1.82) is 0 Å². The Balaban J connectivity index is 1.52. The Morgan fingerprint density at radius 2 is 0.949 bits per heavy atom. The van der Waals surface area contributed by atoms with Crippen molar-refractivity contribution in [2.24, 2.45) is 0 Å². The quantitative estimate of drug-likeness (QED) is 0.209. The summed E-state index contributed by atoms with van der Waals surface area (Å²) in [6.07, 6.45) is 0. The van der Waals surface area contributed by atoms with Crippen LogP contribution in [0.15, 0.2) is 133 Å². The van der Waals surface area contributed by atoms with Gasteiger partial charge >= 0.3 is 0 Å². The van der Waals surface area contributed by atoms with E-state index in [-0.39, 0.29) is 5.41 Å². The van der Waals surface area contributed by atoms with Crippen LogP contribution in [0.3, 0.4) is 0 Å². The molecule has 0 aromatic heterocycles. The molecule has 0 saturated heterocycles. The second kappa shape index (κ2) is 8.16. The Labute approximate surface area is 229 Å². The maximum atomic E-state index is 2.48. The van der Waals surface area contributed by atoms with Crippen molar-refractivity contribution in [3.63, 3.8) is 0 Å². The molecule has 0 aliphatic heterocycles. The standard InChI is InChI=1S/C39H28/c1-39(2)34-22-11-10-16-28(34)29-21-12-15-26-23-27(24-35(39)38(26)29)37-32-19-8-6-17-30(32)36(25-13-4-3-5-14-25)31-18-7-9-20-33(31)37/h3-24H,1-2H3. The SMILES string of the molecule is CC1(C)c2ccccc2-c2cccc3cc(-c4c5ccccc5c(-c5ccccc5)c5ccccc45)cc1c23. The van der Waals surface area contributed by atoms with E-state index in [1.165, 1.54) is 76.8 Å². The van der Waals surface area contributed by atoms with Crippen LogP contribution >= 0.6 is 0 Å². The minimum absolute atomic E-state index is 0.102. The lowest BCUT2D eigenvalue weighted by Gasteiger charge is -2.35. The molecule has 0 radical (unpaired) electrons. The van der Waals surface area contributed by atoms with Crippen LogP contribution in [-0.2, 0) is 5.41 Å². The van der Waals surface area contributed by atoms with Crippen LogP contribution in [0.4, 0.5) is 0 Å². The molecule has 0 amide bonds. The predicted molar refractivity (Wildman–Crippen MR) is 167 cm³/mol. The minimum atomic E-state index is -0.102. The van der Waals surface area contributed by atoms with Crippen LogP contribution in [0.2, 0.25) is 0 Å². The molecule has 0 spiro atoms. The third-order valence-corrected chi connectivity index (χ3v) is 8.82. The van der Waals surface area contributed by atoms with Crippen molar-refractivity contribution >= 4 is 32.3 Å². The maximum absolute atomic E-state index is 2.48.